The molecule has 0 saturated heterocycles. The lowest BCUT2D eigenvalue weighted by Gasteiger charge is -2.00. The van der Waals surface area contributed by atoms with Crippen molar-refractivity contribution in [1.82, 2.24) is 0 Å². The smallest absolute Gasteiger partial charge is 0.0389 e. The van der Waals surface area contributed by atoms with Crippen molar-refractivity contribution in [2.24, 2.45) is 0 Å². The summed E-state index contributed by atoms with van der Waals surface area (Å²) in [5, 5.41) is 0. The zero-order valence-corrected chi connectivity index (χ0v) is 9.65. The van der Waals surface area contributed by atoms with Crippen LogP contribution in [0.3, 0.4) is 0 Å². The summed E-state index contributed by atoms with van der Waals surface area (Å²) in [5.41, 5.74) is 0. The molecule has 0 atom stereocenters. The molecule has 0 spiro atoms. The van der Waals surface area contributed by atoms with Gasteiger partial charge in [0.25, 0.3) is 0 Å². The Kier molecular flexibility index (Phi) is 12.0. The highest BCUT2D eigenvalue weighted by Gasteiger charge is 1.91. The van der Waals surface area contributed by atoms with Crippen LogP contribution in [0.25, 0.3) is 0 Å². The minimum atomic E-state index is 1.25. The van der Waals surface area contributed by atoms with Gasteiger partial charge in [0.1, 0.15) is 0 Å². The first-order valence-electron chi connectivity index (χ1n) is 6.23. The maximum absolute atomic E-state index is 2.40. The van der Waals surface area contributed by atoms with Gasteiger partial charge in [-0.25, -0.2) is 0 Å². The van der Waals surface area contributed by atoms with E-state index in [9.17, 15) is 0 Å². The Bertz CT molecular complexity index is 66.1. The van der Waals surface area contributed by atoms with Gasteiger partial charge in [-0.05, 0) is 6.42 Å². The fourth-order valence-corrected chi connectivity index (χ4v) is 1.63. The molecule has 0 heteroatoms. The van der Waals surface area contributed by atoms with Gasteiger partial charge < -0.3 is 0 Å². The molecule has 79 valence electrons. The summed E-state index contributed by atoms with van der Waals surface area (Å²) in [6.07, 6.45) is 16.5. The van der Waals surface area contributed by atoms with Gasteiger partial charge in [-0.1, -0.05) is 78.1 Å². The largest absolute Gasteiger partial charge is 0.0654 e. The molecule has 0 nitrogen and oxygen atoms in total. The molecule has 13 heavy (non-hydrogen) atoms. The van der Waals surface area contributed by atoms with Crippen molar-refractivity contribution in [2.75, 3.05) is 0 Å². The third kappa shape index (κ3) is 12.0. The molecule has 0 fully saturated rings. The molecule has 0 rings (SSSR count). The molecular formula is C13H27. The summed E-state index contributed by atoms with van der Waals surface area (Å²) in [6.45, 7) is 4.51. The zero-order valence-electron chi connectivity index (χ0n) is 9.65. The average molecular weight is 183 g/mol. The van der Waals surface area contributed by atoms with Crippen molar-refractivity contribution < 1.29 is 0 Å². The van der Waals surface area contributed by atoms with E-state index < -0.39 is 0 Å². The summed E-state index contributed by atoms with van der Waals surface area (Å²) in [5.74, 6) is 0. The van der Waals surface area contributed by atoms with Crippen LogP contribution in [-0.4, -0.2) is 0 Å². The molecule has 0 heterocycles. The average Bonchev–Trinajstić information content (AvgIpc) is 2.16. The normalized spacial score (nSPS) is 10.6. The van der Waals surface area contributed by atoms with E-state index >= 15 is 0 Å². The molecule has 1 radical (unpaired) electrons. The Hall–Kier alpha value is 0. The minimum absolute atomic E-state index is 1.25. The highest BCUT2D eigenvalue weighted by atomic mass is 14.0. The lowest BCUT2D eigenvalue weighted by atomic mass is 10.1. The van der Waals surface area contributed by atoms with Gasteiger partial charge in [0.15, 0.2) is 0 Å². The number of hydrogen-bond acceptors (Lipinski definition) is 0. The van der Waals surface area contributed by atoms with Crippen LogP contribution in [0, 0.1) is 6.42 Å². The fraction of sp³-hybridized carbons (Fsp3) is 0.923. The monoisotopic (exact) mass is 183 g/mol. The quantitative estimate of drug-likeness (QED) is 0.412. The van der Waals surface area contributed by atoms with E-state index in [0.29, 0.717) is 0 Å². The van der Waals surface area contributed by atoms with Gasteiger partial charge in [-0.2, -0.15) is 0 Å². The molecule has 0 aromatic carbocycles. The van der Waals surface area contributed by atoms with Crippen molar-refractivity contribution in [3.8, 4) is 0 Å². The second-order valence-electron chi connectivity index (χ2n) is 3.96. The van der Waals surface area contributed by atoms with Gasteiger partial charge in [-0.15, -0.1) is 0 Å². The van der Waals surface area contributed by atoms with Crippen molar-refractivity contribution in [1.29, 1.82) is 0 Å². The summed E-state index contributed by atoms with van der Waals surface area (Å²) < 4.78 is 0. The molecule has 0 aliphatic heterocycles. The third-order valence-electron chi connectivity index (χ3n) is 2.55. The molecule has 0 aromatic heterocycles. The van der Waals surface area contributed by atoms with E-state index in [0.717, 1.165) is 0 Å². The maximum Gasteiger partial charge on any atom is -0.0389 e. The Morgan fingerprint density at radius 3 is 1.77 bits per heavy atom. The number of unbranched alkanes of at least 4 members (excludes halogenated alkanes) is 10. The van der Waals surface area contributed by atoms with Crippen LogP contribution in [0.1, 0.15) is 78.1 Å². The Labute approximate surface area is 85.1 Å². The predicted octanol–water partition coefficient (Wildman–Crippen LogP) is 5.13. The summed E-state index contributed by atoms with van der Waals surface area (Å²) in [6, 6.07) is 0. The standard InChI is InChI=1S/C13H27/c1-3-5-7-9-11-13-12-10-8-6-4-2/h5H,3-4,6-13H2,1-2H3. The lowest BCUT2D eigenvalue weighted by Crippen LogP contribution is -1.81. The molecule has 0 aliphatic carbocycles. The summed E-state index contributed by atoms with van der Waals surface area (Å²) in [7, 11) is 0. The molecule has 0 saturated carbocycles. The lowest BCUT2D eigenvalue weighted by molar-refractivity contribution is 0.572. The Balaban J connectivity index is 2.76. The summed E-state index contributed by atoms with van der Waals surface area (Å²) >= 11 is 0. The molecule has 0 N–H and O–H groups in total. The SMILES string of the molecule is CC[CH]CCCCCCCCCC. The van der Waals surface area contributed by atoms with E-state index in [4.69, 9.17) is 0 Å². The number of hydrogen-bond donors (Lipinski definition) is 0. The summed E-state index contributed by atoms with van der Waals surface area (Å²) in [4.78, 5) is 0. The van der Waals surface area contributed by atoms with Crippen molar-refractivity contribution in [2.45, 2.75) is 78.1 Å². The van der Waals surface area contributed by atoms with Crippen LogP contribution in [-0.2, 0) is 0 Å². The van der Waals surface area contributed by atoms with E-state index in [-0.39, 0.29) is 0 Å². The third-order valence-corrected chi connectivity index (χ3v) is 2.55. The van der Waals surface area contributed by atoms with Gasteiger partial charge in [0, 0.05) is 0 Å². The maximum atomic E-state index is 2.40. The van der Waals surface area contributed by atoms with Crippen LogP contribution >= 0.6 is 0 Å². The van der Waals surface area contributed by atoms with Gasteiger partial charge in [0.2, 0.25) is 0 Å². The molecule has 0 aliphatic rings. The fourth-order valence-electron chi connectivity index (χ4n) is 1.63. The second kappa shape index (κ2) is 12.0. The first-order chi connectivity index (χ1) is 6.41. The molecule has 0 amide bonds. The van der Waals surface area contributed by atoms with Crippen LogP contribution in [0.5, 0.6) is 0 Å². The zero-order chi connectivity index (χ0) is 9.78. The van der Waals surface area contributed by atoms with E-state index in [1.165, 1.54) is 64.2 Å². The van der Waals surface area contributed by atoms with E-state index in [1.807, 2.05) is 0 Å². The number of rotatable bonds is 10. The molecule has 0 unspecified atom stereocenters. The topological polar surface area (TPSA) is 0 Å². The molecule has 0 bridgehead atoms. The van der Waals surface area contributed by atoms with Gasteiger partial charge in [-0.3, -0.25) is 0 Å². The molecular weight excluding hydrogens is 156 g/mol. The van der Waals surface area contributed by atoms with Crippen molar-refractivity contribution in [3.05, 3.63) is 6.42 Å². The Morgan fingerprint density at radius 1 is 0.692 bits per heavy atom. The van der Waals surface area contributed by atoms with Crippen LogP contribution < -0.4 is 0 Å². The van der Waals surface area contributed by atoms with Crippen LogP contribution in [0.15, 0.2) is 0 Å². The second-order valence-corrected chi connectivity index (χ2v) is 3.96. The predicted molar refractivity (Wildman–Crippen MR) is 61.8 cm³/mol. The minimum Gasteiger partial charge on any atom is -0.0654 e. The van der Waals surface area contributed by atoms with Gasteiger partial charge >= 0.3 is 0 Å². The van der Waals surface area contributed by atoms with Crippen LogP contribution in [0.4, 0.5) is 0 Å². The first-order valence-corrected chi connectivity index (χ1v) is 6.23. The van der Waals surface area contributed by atoms with Crippen molar-refractivity contribution in [3.63, 3.8) is 0 Å². The molecule has 0 aromatic rings. The van der Waals surface area contributed by atoms with Crippen molar-refractivity contribution >= 4 is 0 Å². The van der Waals surface area contributed by atoms with Crippen LogP contribution in [0.2, 0.25) is 0 Å². The Morgan fingerprint density at radius 2 is 1.23 bits per heavy atom. The van der Waals surface area contributed by atoms with Gasteiger partial charge in [0.05, 0.1) is 0 Å². The van der Waals surface area contributed by atoms with E-state index in [2.05, 4.69) is 20.3 Å². The highest BCUT2D eigenvalue weighted by molar-refractivity contribution is 4.60. The van der Waals surface area contributed by atoms with E-state index in [1.54, 1.807) is 0 Å². The first kappa shape index (κ1) is 13.0. The highest BCUT2D eigenvalue weighted by Crippen LogP contribution is 2.10.